The Morgan fingerprint density at radius 3 is 2.60 bits per heavy atom. The number of hydrogen-bond acceptors (Lipinski definition) is 3. The van der Waals surface area contributed by atoms with Gasteiger partial charge in [0.25, 0.3) is 5.92 Å². The van der Waals surface area contributed by atoms with Crippen molar-refractivity contribution in [3.05, 3.63) is 59.2 Å². The first-order valence-corrected chi connectivity index (χ1v) is 11.0. The van der Waals surface area contributed by atoms with Crippen LogP contribution in [0.5, 0.6) is 0 Å². The number of aliphatic hydroxyl groups is 1. The number of nitrogens with zero attached hydrogens (tertiary/aromatic N) is 1. The number of aliphatic hydroxyl groups excluding tert-OH is 1. The summed E-state index contributed by atoms with van der Waals surface area (Å²) in [4.78, 5) is 2.27. The second-order valence-corrected chi connectivity index (χ2v) is 9.01. The predicted octanol–water partition coefficient (Wildman–Crippen LogP) is 5.09. The number of likely N-dealkylation sites (N-methyl/N-ethyl adjacent to an activating group) is 1. The van der Waals surface area contributed by atoms with E-state index in [4.69, 9.17) is 5.73 Å². The van der Waals surface area contributed by atoms with E-state index in [-0.39, 0.29) is 12.5 Å². The minimum atomic E-state index is -3.16. The molecule has 1 aliphatic heterocycles. The van der Waals surface area contributed by atoms with E-state index in [9.17, 15) is 13.9 Å². The van der Waals surface area contributed by atoms with Crippen molar-refractivity contribution in [2.24, 2.45) is 11.1 Å². The van der Waals surface area contributed by atoms with Crippen molar-refractivity contribution < 1.29 is 13.9 Å². The Labute approximate surface area is 180 Å². The molecule has 0 saturated heterocycles. The van der Waals surface area contributed by atoms with Crippen molar-refractivity contribution in [2.45, 2.75) is 77.5 Å². The summed E-state index contributed by atoms with van der Waals surface area (Å²) in [6.45, 7) is 6.40. The summed E-state index contributed by atoms with van der Waals surface area (Å²) < 4.78 is 29.6. The van der Waals surface area contributed by atoms with Gasteiger partial charge in [-0.25, -0.2) is 8.78 Å². The van der Waals surface area contributed by atoms with Crippen molar-refractivity contribution in [1.82, 2.24) is 4.90 Å². The molecular formula is C25H38F2N2O. The lowest BCUT2D eigenvalue weighted by Crippen LogP contribution is -2.44. The van der Waals surface area contributed by atoms with Crippen LogP contribution in [0.15, 0.2) is 48.1 Å². The smallest absolute Gasteiger partial charge is 0.274 e. The Morgan fingerprint density at radius 2 is 2.00 bits per heavy atom. The summed E-state index contributed by atoms with van der Waals surface area (Å²) in [5.74, 6) is -3.16. The first-order valence-electron chi connectivity index (χ1n) is 11.0. The number of allylic oxidation sites excluding steroid dienone is 4. The van der Waals surface area contributed by atoms with Crippen LogP contribution in [0.4, 0.5) is 8.78 Å². The van der Waals surface area contributed by atoms with E-state index in [1.807, 2.05) is 38.1 Å². The molecule has 0 aromatic heterocycles. The largest absolute Gasteiger partial charge is 0.387 e. The van der Waals surface area contributed by atoms with Crippen LogP contribution in [0.1, 0.15) is 57.6 Å². The van der Waals surface area contributed by atoms with Crippen LogP contribution in [0.25, 0.3) is 0 Å². The maximum atomic E-state index is 14.8. The fraction of sp³-hybridized carbons (Fsp3) is 0.600. The number of alkyl halides is 2. The molecule has 3 atom stereocenters. The molecule has 1 aliphatic rings. The summed E-state index contributed by atoms with van der Waals surface area (Å²) in [6.07, 6.45) is 6.86. The molecule has 0 aliphatic carbocycles. The molecule has 1 aromatic carbocycles. The lowest BCUT2D eigenvalue weighted by Gasteiger charge is -2.43. The average molecular weight is 421 g/mol. The van der Waals surface area contributed by atoms with Crippen molar-refractivity contribution in [3.8, 4) is 0 Å². The molecule has 0 fully saturated rings. The zero-order valence-electron chi connectivity index (χ0n) is 18.9. The van der Waals surface area contributed by atoms with Crippen LogP contribution in [0, 0.1) is 5.41 Å². The van der Waals surface area contributed by atoms with E-state index in [1.165, 1.54) is 18.1 Å². The summed E-state index contributed by atoms with van der Waals surface area (Å²) in [5.41, 5.74) is 8.38. The van der Waals surface area contributed by atoms with E-state index >= 15 is 0 Å². The van der Waals surface area contributed by atoms with Crippen molar-refractivity contribution >= 4 is 0 Å². The standard InChI is InChI=1S/C25H38F2N2O/c1-5-10-22(13-8-9-14-28)24(3,18-25(26,27)19(2)30)16-23-15-20-11-6-7-12-21(20)17-29(23)4/h5-7,10-13,19,23,30H,8-9,14-18,28H2,1-4H3/b10-5-,22-13+/t19?,23?,24-/m0/s1. The van der Waals surface area contributed by atoms with E-state index in [0.29, 0.717) is 13.0 Å². The third-order valence-electron chi connectivity index (χ3n) is 6.36. The third kappa shape index (κ3) is 6.22. The van der Waals surface area contributed by atoms with Gasteiger partial charge in [0, 0.05) is 19.0 Å². The molecule has 0 radical (unpaired) electrons. The Kier molecular flexibility index (Phi) is 8.77. The van der Waals surface area contributed by atoms with Crippen molar-refractivity contribution in [1.29, 1.82) is 0 Å². The molecule has 1 heterocycles. The molecule has 0 saturated carbocycles. The predicted molar refractivity (Wildman–Crippen MR) is 121 cm³/mol. The molecule has 2 rings (SSSR count). The third-order valence-corrected chi connectivity index (χ3v) is 6.36. The number of hydrogen-bond donors (Lipinski definition) is 2. The van der Waals surface area contributed by atoms with Gasteiger partial charge in [0.2, 0.25) is 0 Å². The van der Waals surface area contributed by atoms with Gasteiger partial charge in [-0.3, -0.25) is 4.90 Å². The van der Waals surface area contributed by atoms with Crippen LogP contribution < -0.4 is 5.73 Å². The highest BCUT2D eigenvalue weighted by atomic mass is 19.3. The van der Waals surface area contributed by atoms with Gasteiger partial charge in [0.05, 0.1) is 0 Å². The molecule has 0 spiro atoms. The first kappa shape index (κ1) is 24.7. The molecule has 1 aromatic rings. The minimum Gasteiger partial charge on any atom is -0.387 e. The molecule has 0 bridgehead atoms. The number of rotatable bonds is 10. The Morgan fingerprint density at radius 1 is 1.33 bits per heavy atom. The maximum absolute atomic E-state index is 14.8. The van der Waals surface area contributed by atoms with E-state index < -0.39 is 17.4 Å². The molecule has 3 nitrogen and oxygen atoms in total. The molecule has 30 heavy (non-hydrogen) atoms. The van der Waals surface area contributed by atoms with Crippen LogP contribution in [0.3, 0.4) is 0 Å². The van der Waals surface area contributed by atoms with Crippen molar-refractivity contribution in [2.75, 3.05) is 13.6 Å². The van der Waals surface area contributed by atoms with E-state index in [1.54, 1.807) is 0 Å². The number of unbranched alkanes of at least 4 members (excludes halogenated alkanes) is 1. The first-order chi connectivity index (χ1) is 14.1. The van der Waals surface area contributed by atoms with Crippen molar-refractivity contribution in [3.63, 3.8) is 0 Å². The topological polar surface area (TPSA) is 49.5 Å². The maximum Gasteiger partial charge on any atom is 0.274 e. The fourth-order valence-corrected chi connectivity index (χ4v) is 4.50. The second kappa shape index (κ2) is 10.7. The summed E-state index contributed by atoms with van der Waals surface area (Å²) in [5, 5.41) is 9.74. The quantitative estimate of drug-likeness (QED) is 0.410. The number of fused-ring (bicyclic) bond motifs is 1. The zero-order chi connectivity index (χ0) is 22.4. The van der Waals surface area contributed by atoms with Crippen LogP contribution in [0.2, 0.25) is 0 Å². The highest BCUT2D eigenvalue weighted by molar-refractivity contribution is 5.32. The van der Waals surface area contributed by atoms with Crippen LogP contribution in [-0.2, 0) is 13.0 Å². The van der Waals surface area contributed by atoms with Gasteiger partial charge in [-0.1, -0.05) is 49.4 Å². The second-order valence-electron chi connectivity index (χ2n) is 9.01. The van der Waals surface area contributed by atoms with E-state index in [2.05, 4.69) is 30.2 Å². The monoisotopic (exact) mass is 420 g/mol. The molecule has 2 unspecified atom stereocenters. The summed E-state index contributed by atoms with van der Waals surface area (Å²) >= 11 is 0. The molecule has 0 amide bonds. The Bertz CT molecular complexity index is 744. The van der Waals surface area contributed by atoms with Gasteiger partial charge >= 0.3 is 0 Å². The van der Waals surface area contributed by atoms with E-state index in [0.717, 1.165) is 31.4 Å². The lowest BCUT2D eigenvalue weighted by molar-refractivity contribution is -0.123. The number of halogens is 2. The summed E-state index contributed by atoms with van der Waals surface area (Å²) in [6, 6.07) is 8.52. The zero-order valence-corrected chi connectivity index (χ0v) is 18.9. The molecule has 168 valence electrons. The number of nitrogens with two attached hydrogens (primary N) is 1. The SMILES string of the molecule is C/C=C\C(=C/CCCN)[C@@](C)(CC1Cc2ccccc2CN1C)CC(F)(F)C(C)O. The Hall–Kier alpha value is -1.56. The average Bonchev–Trinajstić information content (AvgIpc) is 2.67. The summed E-state index contributed by atoms with van der Waals surface area (Å²) in [7, 11) is 2.07. The fourth-order valence-electron chi connectivity index (χ4n) is 4.50. The van der Waals surface area contributed by atoms with Gasteiger partial charge in [-0.15, -0.1) is 0 Å². The van der Waals surface area contributed by atoms with Crippen LogP contribution >= 0.6 is 0 Å². The number of benzene rings is 1. The normalized spacial score (nSPS) is 21.5. The van der Waals surface area contributed by atoms with Crippen LogP contribution in [-0.4, -0.2) is 41.7 Å². The van der Waals surface area contributed by atoms with Gasteiger partial charge in [0.1, 0.15) is 6.10 Å². The Balaban J connectivity index is 2.38. The van der Waals surface area contributed by atoms with Gasteiger partial charge in [0.15, 0.2) is 0 Å². The lowest BCUT2D eigenvalue weighted by atomic mass is 9.70. The molecule has 3 N–H and O–H groups in total. The van der Waals surface area contributed by atoms with Gasteiger partial charge < -0.3 is 10.8 Å². The minimum absolute atomic E-state index is 0.151. The highest BCUT2D eigenvalue weighted by Crippen LogP contribution is 2.45. The molecule has 5 heteroatoms. The van der Waals surface area contributed by atoms with Gasteiger partial charge in [-0.05, 0) is 75.2 Å². The van der Waals surface area contributed by atoms with Gasteiger partial charge in [-0.2, -0.15) is 0 Å². The molecular weight excluding hydrogens is 382 g/mol. The highest BCUT2D eigenvalue weighted by Gasteiger charge is 2.45.